The third-order valence-electron chi connectivity index (χ3n) is 6.63. The van der Waals surface area contributed by atoms with Crippen molar-refractivity contribution in [3.8, 4) is 5.75 Å². The van der Waals surface area contributed by atoms with Crippen LogP contribution in [0.5, 0.6) is 5.75 Å². The average molecular weight is 415 g/mol. The summed E-state index contributed by atoms with van der Waals surface area (Å²) in [5.74, 6) is 0.498. The molecule has 0 spiro atoms. The van der Waals surface area contributed by atoms with Crippen molar-refractivity contribution in [3.05, 3.63) is 74.8 Å². The van der Waals surface area contributed by atoms with E-state index < -0.39 is 0 Å². The number of nitrogens with zero attached hydrogens (tertiary/aromatic N) is 1. The van der Waals surface area contributed by atoms with Gasteiger partial charge in [0.15, 0.2) is 6.61 Å². The highest BCUT2D eigenvalue weighted by Gasteiger charge is 2.22. The first-order chi connectivity index (χ1) is 15.0. The zero-order chi connectivity index (χ0) is 21.7. The Kier molecular flexibility index (Phi) is 4.69. The predicted octanol–water partition coefficient (Wildman–Crippen LogP) is 5.04. The molecular formula is C26H25NO4. The number of fused-ring (bicyclic) bond motifs is 4. The molecule has 0 saturated carbocycles. The second-order valence-corrected chi connectivity index (χ2v) is 8.37. The molecule has 2 aromatic carbocycles. The molecule has 1 aliphatic rings. The van der Waals surface area contributed by atoms with Gasteiger partial charge in [-0.1, -0.05) is 18.2 Å². The number of carbonyl (C=O) groups is 1. The van der Waals surface area contributed by atoms with Crippen LogP contribution >= 0.6 is 0 Å². The van der Waals surface area contributed by atoms with Gasteiger partial charge in [-0.2, -0.15) is 0 Å². The highest BCUT2D eigenvalue weighted by atomic mass is 16.5. The number of ether oxygens (including phenoxy) is 1. The summed E-state index contributed by atoms with van der Waals surface area (Å²) in [6.45, 7) is 3.76. The van der Waals surface area contributed by atoms with E-state index in [4.69, 9.17) is 9.15 Å². The quantitative estimate of drug-likeness (QED) is 0.346. The molecule has 2 heterocycles. The molecule has 5 heteroatoms. The van der Waals surface area contributed by atoms with E-state index in [0.29, 0.717) is 16.9 Å². The van der Waals surface area contributed by atoms with E-state index in [9.17, 15) is 9.59 Å². The van der Waals surface area contributed by atoms with Crippen LogP contribution in [0.25, 0.3) is 21.9 Å². The normalized spacial score (nSPS) is 13.5. The van der Waals surface area contributed by atoms with Gasteiger partial charge in [-0.15, -0.1) is 0 Å². The number of aryl methyl sites for hydroxylation is 3. The molecule has 0 amide bonds. The highest BCUT2D eigenvalue weighted by Crippen LogP contribution is 2.33. The molecule has 0 fully saturated rings. The van der Waals surface area contributed by atoms with E-state index in [1.54, 1.807) is 0 Å². The summed E-state index contributed by atoms with van der Waals surface area (Å²) in [6, 6.07) is 11.7. The standard InChI is InChI=1S/C26H25NO4/c1-15-23(13-12-18-17-8-4-5-9-19(17)26(29)31-25(15)18)30-14-22(28)24-16(2)27(3)21-11-7-6-10-20(21)24/h6-7,10-13H,4-5,8-9,14H2,1-3H3. The number of hydrogen-bond donors (Lipinski definition) is 0. The number of hydrogen-bond acceptors (Lipinski definition) is 4. The minimum atomic E-state index is -0.245. The van der Waals surface area contributed by atoms with Crippen LogP contribution in [0.1, 0.15) is 45.6 Å². The minimum absolute atomic E-state index is 0.0688. The van der Waals surface area contributed by atoms with E-state index in [-0.39, 0.29) is 18.0 Å². The van der Waals surface area contributed by atoms with Gasteiger partial charge < -0.3 is 13.7 Å². The summed E-state index contributed by atoms with van der Waals surface area (Å²) >= 11 is 0. The van der Waals surface area contributed by atoms with Crippen molar-refractivity contribution in [1.82, 2.24) is 4.57 Å². The minimum Gasteiger partial charge on any atom is -0.485 e. The van der Waals surface area contributed by atoms with Gasteiger partial charge in [0.1, 0.15) is 11.3 Å². The fourth-order valence-corrected chi connectivity index (χ4v) is 4.87. The lowest BCUT2D eigenvalue weighted by Gasteiger charge is -2.18. The van der Waals surface area contributed by atoms with Gasteiger partial charge >= 0.3 is 5.63 Å². The van der Waals surface area contributed by atoms with E-state index in [2.05, 4.69) is 0 Å². The summed E-state index contributed by atoms with van der Waals surface area (Å²) in [7, 11) is 1.96. The van der Waals surface area contributed by atoms with Crippen LogP contribution in [0.4, 0.5) is 0 Å². The lowest BCUT2D eigenvalue weighted by molar-refractivity contribution is 0.0922. The van der Waals surface area contributed by atoms with Crippen LogP contribution in [-0.2, 0) is 19.9 Å². The van der Waals surface area contributed by atoms with Crippen LogP contribution in [0.15, 0.2) is 45.6 Å². The van der Waals surface area contributed by atoms with Gasteiger partial charge in [-0.3, -0.25) is 4.79 Å². The zero-order valence-corrected chi connectivity index (χ0v) is 18.1. The zero-order valence-electron chi connectivity index (χ0n) is 18.1. The topological polar surface area (TPSA) is 61.4 Å². The van der Waals surface area contributed by atoms with E-state index >= 15 is 0 Å². The Hall–Kier alpha value is -3.34. The van der Waals surface area contributed by atoms with Crippen LogP contribution in [-0.4, -0.2) is 17.0 Å². The Bertz CT molecular complexity index is 1410. The van der Waals surface area contributed by atoms with Crippen molar-refractivity contribution < 1.29 is 13.9 Å². The van der Waals surface area contributed by atoms with Gasteiger partial charge in [0.05, 0.1) is 0 Å². The Morgan fingerprint density at radius 3 is 2.58 bits per heavy atom. The van der Waals surface area contributed by atoms with E-state index in [1.165, 1.54) is 0 Å². The molecule has 2 aromatic heterocycles. The van der Waals surface area contributed by atoms with Crippen LogP contribution in [0, 0.1) is 13.8 Å². The van der Waals surface area contributed by atoms with Crippen molar-refractivity contribution in [2.45, 2.75) is 39.5 Å². The second kappa shape index (κ2) is 7.41. The van der Waals surface area contributed by atoms with Crippen molar-refractivity contribution >= 4 is 27.7 Å². The molecule has 158 valence electrons. The van der Waals surface area contributed by atoms with Crippen molar-refractivity contribution in [2.75, 3.05) is 6.61 Å². The Balaban J connectivity index is 1.48. The molecule has 31 heavy (non-hydrogen) atoms. The second-order valence-electron chi connectivity index (χ2n) is 8.37. The molecule has 0 unspecified atom stereocenters. The lowest BCUT2D eigenvalue weighted by Crippen LogP contribution is -2.16. The highest BCUT2D eigenvalue weighted by molar-refractivity contribution is 6.10. The smallest absolute Gasteiger partial charge is 0.339 e. The number of Topliss-reactive ketones (excluding diaryl/α,β-unsaturated/α-hetero) is 1. The lowest BCUT2D eigenvalue weighted by atomic mass is 9.90. The van der Waals surface area contributed by atoms with Gasteiger partial charge in [0.2, 0.25) is 5.78 Å². The maximum absolute atomic E-state index is 13.1. The first-order valence-corrected chi connectivity index (χ1v) is 10.8. The number of para-hydroxylation sites is 1. The van der Waals surface area contributed by atoms with E-state index in [0.717, 1.165) is 64.4 Å². The molecule has 4 aromatic rings. The number of aromatic nitrogens is 1. The molecule has 0 aliphatic heterocycles. The molecule has 5 rings (SSSR count). The maximum atomic E-state index is 13.1. The first-order valence-electron chi connectivity index (χ1n) is 10.8. The van der Waals surface area contributed by atoms with Gasteiger partial charge in [0, 0.05) is 45.7 Å². The summed E-state index contributed by atoms with van der Waals surface area (Å²) < 4.78 is 13.6. The van der Waals surface area contributed by atoms with Crippen molar-refractivity contribution in [3.63, 3.8) is 0 Å². The number of carbonyl (C=O) groups excluding carboxylic acids is 1. The Morgan fingerprint density at radius 1 is 1.03 bits per heavy atom. The van der Waals surface area contributed by atoms with Crippen molar-refractivity contribution in [1.29, 1.82) is 0 Å². The van der Waals surface area contributed by atoms with Crippen LogP contribution < -0.4 is 10.4 Å². The average Bonchev–Trinajstić information content (AvgIpc) is 3.04. The third-order valence-corrected chi connectivity index (χ3v) is 6.63. The number of ketones is 1. The Labute approximate surface area is 180 Å². The molecule has 0 saturated heterocycles. The molecule has 0 atom stereocenters. The summed E-state index contributed by atoms with van der Waals surface area (Å²) in [5, 5.41) is 1.92. The third kappa shape index (κ3) is 3.07. The molecule has 5 nitrogen and oxygen atoms in total. The summed E-state index contributed by atoms with van der Waals surface area (Å²) in [6.07, 6.45) is 3.79. The largest absolute Gasteiger partial charge is 0.485 e. The molecule has 1 aliphatic carbocycles. The molecule has 0 N–H and O–H groups in total. The van der Waals surface area contributed by atoms with Gasteiger partial charge in [0.25, 0.3) is 0 Å². The predicted molar refractivity (Wildman–Crippen MR) is 121 cm³/mol. The SMILES string of the molecule is Cc1c(OCC(=O)c2c(C)n(C)c3ccccc23)ccc2c3c(c(=O)oc12)CCCC3. The fourth-order valence-electron chi connectivity index (χ4n) is 4.87. The van der Waals surface area contributed by atoms with Crippen LogP contribution in [0.2, 0.25) is 0 Å². The first kappa shape index (κ1) is 19.6. The monoisotopic (exact) mass is 415 g/mol. The Morgan fingerprint density at radius 2 is 1.77 bits per heavy atom. The molecular weight excluding hydrogens is 390 g/mol. The fraction of sp³-hybridized carbons (Fsp3) is 0.308. The molecule has 0 bridgehead atoms. The van der Waals surface area contributed by atoms with Gasteiger partial charge in [-0.05, 0) is 63.3 Å². The molecule has 0 radical (unpaired) electrons. The number of benzene rings is 2. The van der Waals surface area contributed by atoms with Gasteiger partial charge in [-0.25, -0.2) is 4.79 Å². The van der Waals surface area contributed by atoms with Crippen molar-refractivity contribution in [2.24, 2.45) is 7.05 Å². The van der Waals surface area contributed by atoms with Crippen LogP contribution in [0.3, 0.4) is 0 Å². The maximum Gasteiger partial charge on any atom is 0.339 e. The summed E-state index contributed by atoms with van der Waals surface area (Å²) in [4.78, 5) is 25.6. The summed E-state index contributed by atoms with van der Waals surface area (Å²) in [5.41, 5.74) is 5.63. The van der Waals surface area contributed by atoms with E-state index in [1.807, 2.05) is 61.9 Å². The number of rotatable bonds is 4.